The van der Waals surface area contributed by atoms with Crippen molar-refractivity contribution in [1.29, 1.82) is 0 Å². The van der Waals surface area contributed by atoms with Crippen molar-refractivity contribution in [1.82, 2.24) is 0 Å². The summed E-state index contributed by atoms with van der Waals surface area (Å²) in [7, 11) is 0. The average molecular weight is 427 g/mol. The van der Waals surface area contributed by atoms with Crippen LogP contribution in [0, 0.1) is 17.3 Å². The molecular formula is C24H30N2O5. The molecule has 2 N–H and O–H groups in total. The van der Waals surface area contributed by atoms with Crippen molar-refractivity contribution in [3.05, 3.63) is 24.3 Å². The van der Waals surface area contributed by atoms with Crippen molar-refractivity contribution >= 4 is 29.2 Å². The van der Waals surface area contributed by atoms with Gasteiger partial charge in [0, 0.05) is 12.5 Å². The molecule has 0 saturated heterocycles. The zero-order chi connectivity index (χ0) is 21.8. The SMILES string of the molecule is C[C@H]1CC(=O)Nc2ccccc2N1C(=O)COC(=O)CC12C[C@@H]3C[C@@H](CC(O)(C3)C1)C2. The number of carbonyl (C=O) groups is 3. The van der Waals surface area contributed by atoms with E-state index < -0.39 is 5.60 Å². The third kappa shape index (κ3) is 3.84. The fourth-order valence-electron chi connectivity index (χ4n) is 7.15. The number of nitrogens with zero attached hydrogens (tertiary/aromatic N) is 1. The van der Waals surface area contributed by atoms with E-state index in [0.717, 1.165) is 32.1 Å². The molecule has 4 aliphatic carbocycles. The van der Waals surface area contributed by atoms with E-state index in [9.17, 15) is 19.5 Å². The number of hydrogen-bond donors (Lipinski definition) is 2. The summed E-state index contributed by atoms with van der Waals surface area (Å²) in [6, 6.07) is 6.82. The Bertz CT molecular complexity index is 914. The maximum atomic E-state index is 13.0. The summed E-state index contributed by atoms with van der Waals surface area (Å²) < 4.78 is 5.44. The van der Waals surface area contributed by atoms with Gasteiger partial charge in [-0.15, -0.1) is 0 Å². The van der Waals surface area contributed by atoms with Gasteiger partial charge in [-0.05, 0) is 74.8 Å². The molecule has 0 radical (unpaired) electrons. The molecule has 5 aliphatic rings. The molecule has 31 heavy (non-hydrogen) atoms. The van der Waals surface area contributed by atoms with E-state index in [1.165, 1.54) is 0 Å². The van der Waals surface area contributed by atoms with Crippen LogP contribution in [0.15, 0.2) is 24.3 Å². The lowest BCUT2D eigenvalue weighted by atomic mass is 9.47. The molecule has 4 saturated carbocycles. The molecule has 166 valence electrons. The van der Waals surface area contributed by atoms with Crippen molar-refractivity contribution in [2.45, 2.75) is 69.9 Å². The van der Waals surface area contributed by atoms with Gasteiger partial charge >= 0.3 is 5.97 Å². The molecule has 7 heteroatoms. The van der Waals surface area contributed by atoms with Crippen LogP contribution in [0.4, 0.5) is 11.4 Å². The van der Waals surface area contributed by atoms with Gasteiger partial charge < -0.3 is 20.1 Å². The standard InChI is InChI=1S/C24H30N2O5/c1-15-6-20(27)25-18-4-2-3-5-19(18)26(15)21(28)13-31-22(29)12-23-8-16-7-17(9-23)11-24(30,10-16)14-23/h2-5,15-17,30H,6-14H2,1H3,(H,25,27)/t15-,16-,17+,23?,24?/m0/s1. The molecule has 0 aromatic heterocycles. The molecule has 1 aliphatic heterocycles. The second kappa shape index (κ2) is 7.33. The molecule has 6 rings (SSSR count). The molecule has 0 spiro atoms. The lowest BCUT2D eigenvalue weighted by molar-refractivity contribution is -0.177. The summed E-state index contributed by atoms with van der Waals surface area (Å²) in [5, 5.41) is 13.7. The highest BCUT2D eigenvalue weighted by atomic mass is 16.5. The smallest absolute Gasteiger partial charge is 0.306 e. The third-order valence-electron chi connectivity index (χ3n) is 7.66. The van der Waals surface area contributed by atoms with Crippen molar-refractivity contribution in [2.75, 3.05) is 16.8 Å². The molecule has 1 aromatic rings. The van der Waals surface area contributed by atoms with Crippen molar-refractivity contribution in [2.24, 2.45) is 17.3 Å². The molecule has 1 heterocycles. The average Bonchev–Trinajstić information content (AvgIpc) is 2.78. The van der Waals surface area contributed by atoms with Gasteiger partial charge in [-0.1, -0.05) is 12.1 Å². The van der Waals surface area contributed by atoms with E-state index in [2.05, 4.69) is 5.32 Å². The second-order valence-corrected chi connectivity index (χ2v) is 10.4. The molecule has 4 bridgehead atoms. The van der Waals surface area contributed by atoms with E-state index in [4.69, 9.17) is 4.74 Å². The number of aliphatic hydroxyl groups is 1. The number of nitrogens with one attached hydrogen (secondary N) is 1. The normalized spacial score (nSPS) is 35.9. The Labute approximate surface area is 182 Å². The van der Waals surface area contributed by atoms with Gasteiger partial charge in [-0.2, -0.15) is 0 Å². The summed E-state index contributed by atoms with van der Waals surface area (Å²) >= 11 is 0. The Hall–Kier alpha value is -2.41. The highest BCUT2D eigenvalue weighted by Crippen LogP contribution is 2.62. The Morgan fingerprint density at radius 2 is 1.90 bits per heavy atom. The monoisotopic (exact) mass is 426 g/mol. The van der Waals surface area contributed by atoms with Gasteiger partial charge in [-0.3, -0.25) is 14.4 Å². The summed E-state index contributed by atoms with van der Waals surface area (Å²) in [5.74, 6) is 0.144. The zero-order valence-corrected chi connectivity index (χ0v) is 17.9. The van der Waals surface area contributed by atoms with E-state index >= 15 is 0 Å². The Kier molecular flexibility index (Phi) is 4.84. The van der Waals surface area contributed by atoms with Crippen LogP contribution in [0.25, 0.3) is 0 Å². The number of ether oxygens (including phenoxy) is 1. The Morgan fingerprint density at radius 3 is 2.61 bits per heavy atom. The number of rotatable bonds is 4. The van der Waals surface area contributed by atoms with E-state index in [0.29, 0.717) is 29.6 Å². The van der Waals surface area contributed by atoms with Gasteiger partial charge in [-0.25, -0.2) is 0 Å². The molecule has 4 fully saturated rings. The second-order valence-electron chi connectivity index (χ2n) is 10.4. The van der Waals surface area contributed by atoms with E-state index in [1.54, 1.807) is 23.1 Å². The molecular weight excluding hydrogens is 396 g/mol. The molecule has 2 unspecified atom stereocenters. The quantitative estimate of drug-likeness (QED) is 0.722. The lowest BCUT2D eigenvalue weighted by Crippen LogP contribution is -2.56. The topological polar surface area (TPSA) is 95.9 Å². The zero-order valence-electron chi connectivity index (χ0n) is 17.9. The maximum Gasteiger partial charge on any atom is 0.306 e. The van der Waals surface area contributed by atoms with Crippen molar-refractivity contribution < 1.29 is 24.2 Å². The van der Waals surface area contributed by atoms with Crippen LogP contribution < -0.4 is 10.2 Å². The summed E-state index contributed by atoms with van der Waals surface area (Å²) in [6.07, 6.45) is 5.94. The molecule has 1 aromatic carbocycles. The number of esters is 1. The first kappa shape index (κ1) is 20.5. The van der Waals surface area contributed by atoms with Crippen LogP contribution >= 0.6 is 0 Å². The van der Waals surface area contributed by atoms with Gasteiger partial charge in [0.2, 0.25) is 5.91 Å². The largest absolute Gasteiger partial charge is 0.456 e. The number of anilines is 2. The first-order chi connectivity index (χ1) is 14.7. The third-order valence-corrected chi connectivity index (χ3v) is 7.66. The predicted octanol–water partition coefficient (Wildman–Crippen LogP) is 3.01. The Morgan fingerprint density at radius 1 is 1.19 bits per heavy atom. The minimum atomic E-state index is -0.620. The highest BCUT2D eigenvalue weighted by Gasteiger charge is 2.57. The van der Waals surface area contributed by atoms with Crippen LogP contribution in [-0.4, -0.2) is 41.1 Å². The van der Waals surface area contributed by atoms with Crippen LogP contribution in [0.2, 0.25) is 0 Å². The molecule has 7 nitrogen and oxygen atoms in total. The van der Waals surface area contributed by atoms with Gasteiger partial charge in [0.25, 0.3) is 5.91 Å². The maximum absolute atomic E-state index is 13.0. The number of amides is 2. The first-order valence-corrected chi connectivity index (χ1v) is 11.3. The van der Waals surface area contributed by atoms with Crippen molar-refractivity contribution in [3.63, 3.8) is 0 Å². The van der Waals surface area contributed by atoms with E-state index in [-0.39, 0.29) is 48.7 Å². The van der Waals surface area contributed by atoms with E-state index in [1.807, 2.05) is 13.0 Å². The van der Waals surface area contributed by atoms with Crippen LogP contribution in [0.5, 0.6) is 0 Å². The summed E-state index contributed by atoms with van der Waals surface area (Å²) in [4.78, 5) is 39.4. The van der Waals surface area contributed by atoms with Crippen LogP contribution in [-0.2, 0) is 19.1 Å². The minimum Gasteiger partial charge on any atom is -0.456 e. The van der Waals surface area contributed by atoms with Crippen LogP contribution in [0.1, 0.15) is 58.3 Å². The number of carbonyl (C=O) groups excluding carboxylic acids is 3. The van der Waals surface area contributed by atoms with Gasteiger partial charge in [0.1, 0.15) is 0 Å². The Balaban J connectivity index is 1.25. The van der Waals surface area contributed by atoms with Gasteiger partial charge in [0.05, 0.1) is 23.4 Å². The number of fused-ring (bicyclic) bond motifs is 1. The highest BCUT2D eigenvalue weighted by molar-refractivity contribution is 6.05. The predicted molar refractivity (Wildman–Crippen MR) is 114 cm³/mol. The van der Waals surface area contributed by atoms with Crippen LogP contribution in [0.3, 0.4) is 0 Å². The number of para-hydroxylation sites is 2. The van der Waals surface area contributed by atoms with Crippen molar-refractivity contribution in [3.8, 4) is 0 Å². The minimum absolute atomic E-state index is 0.146. The molecule has 2 amide bonds. The first-order valence-electron chi connectivity index (χ1n) is 11.3. The lowest BCUT2D eigenvalue weighted by Gasteiger charge is -2.60. The number of hydrogen-bond acceptors (Lipinski definition) is 5. The fourth-order valence-corrected chi connectivity index (χ4v) is 7.15. The van der Waals surface area contributed by atoms with Gasteiger partial charge in [0.15, 0.2) is 6.61 Å². The summed E-state index contributed by atoms with van der Waals surface area (Å²) in [5.41, 5.74) is 0.395. The number of benzene rings is 1. The summed E-state index contributed by atoms with van der Waals surface area (Å²) in [6.45, 7) is 1.47. The molecule has 5 atom stereocenters. The fraction of sp³-hybridized carbons (Fsp3) is 0.625.